The van der Waals surface area contributed by atoms with Crippen molar-refractivity contribution in [3.8, 4) is 0 Å². The van der Waals surface area contributed by atoms with Gasteiger partial charge in [0, 0.05) is 16.0 Å². The van der Waals surface area contributed by atoms with Gasteiger partial charge in [-0.1, -0.05) is 0 Å². The number of halogens is 2. The Kier molecular flexibility index (Phi) is 5.74. The van der Waals surface area contributed by atoms with Crippen molar-refractivity contribution in [1.82, 2.24) is 5.43 Å². The van der Waals surface area contributed by atoms with E-state index in [2.05, 4.69) is 43.4 Å². The van der Waals surface area contributed by atoms with Crippen LogP contribution >= 0.6 is 55.0 Å². The summed E-state index contributed by atoms with van der Waals surface area (Å²) in [6.07, 6.45) is 4.57. The van der Waals surface area contributed by atoms with Gasteiger partial charge in [-0.2, -0.15) is 11.8 Å². The van der Waals surface area contributed by atoms with E-state index in [0.717, 1.165) is 27.7 Å². The van der Waals surface area contributed by atoms with Crippen LogP contribution in [-0.4, -0.2) is 23.7 Å². The molecule has 0 aromatic carbocycles. The average molecular weight is 456 g/mol. The van der Waals surface area contributed by atoms with Gasteiger partial charge in [-0.15, -0.1) is 11.3 Å². The molecule has 2 aliphatic rings. The second kappa shape index (κ2) is 7.20. The molecule has 0 aliphatic carbocycles. The molecule has 2 aliphatic heterocycles. The van der Waals surface area contributed by atoms with Gasteiger partial charge in [0.2, 0.25) is 0 Å². The summed E-state index contributed by atoms with van der Waals surface area (Å²) in [6.45, 7) is 0.862. The predicted octanol–water partition coefficient (Wildman–Crippen LogP) is 4.47. The third kappa shape index (κ3) is 3.70. The van der Waals surface area contributed by atoms with Crippen LogP contribution in [0, 0.1) is 5.92 Å². The fraction of sp³-hybridized carbons (Fsp3) is 0.714. The maximum atomic E-state index is 6.20. The monoisotopic (exact) mass is 454 g/mol. The van der Waals surface area contributed by atoms with Crippen LogP contribution in [0.15, 0.2) is 14.3 Å². The molecule has 0 saturated carbocycles. The average Bonchev–Trinajstić information content (AvgIpc) is 2.80. The summed E-state index contributed by atoms with van der Waals surface area (Å²) in [5, 5.41) is 0. The second-order valence-corrected chi connectivity index (χ2v) is 10.3. The maximum Gasteiger partial charge on any atom is 0.0843 e. The summed E-state index contributed by atoms with van der Waals surface area (Å²) < 4.78 is 8.44. The summed E-state index contributed by atoms with van der Waals surface area (Å²) in [6, 6.07) is 2.39. The molecule has 3 heterocycles. The molecule has 2 fully saturated rings. The Morgan fingerprint density at radius 1 is 1.38 bits per heavy atom. The number of nitrogens with one attached hydrogen (secondary N) is 1. The summed E-state index contributed by atoms with van der Waals surface area (Å²) in [5.74, 6) is 8.89. The lowest BCUT2D eigenvalue weighted by atomic mass is 9.78. The first kappa shape index (κ1) is 16.7. The number of thiophene rings is 1. The van der Waals surface area contributed by atoms with Gasteiger partial charge in [-0.05, 0) is 81.0 Å². The van der Waals surface area contributed by atoms with E-state index in [4.69, 9.17) is 10.6 Å². The van der Waals surface area contributed by atoms with Crippen LogP contribution in [0.2, 0.25) is 0 Å². The molecule has 1 aromatic heterocycles. The lowest BCUT2D eigenvalue weighted by Gasteiger charge is -2.45. The fourth-order valence-corrected chi connectivity index (χ4v) is 6.89. The highest BCUT2D eigenvalue weighted by Gasteiger charge is 2.41. The molecular weight excluding hydrogens is 436 g/mol. The van der Waals surface area contributed by atoms with Crippen LogP contribution in [0.3, 0.4) is 0 Å². The number of rotatable bonds is 3. The smallest absolute Gasteiger partial charge is 0.0843 e. The van der Waals surface area contributed by atoms with Crippen LogP contribution in [0.4, 0.5) is 0 Å². The second-order valence-electron chi connectivity index (χ2n) is 5.81. The van der Waals surface area contributed by atoms with Gasteiger partial charge in [0.05, 0.1) is 15.4 Å². The van der Waals surface area contributed by atoms with Gasteiger partial charge in [0.1, 0.15) is 0 Å². The van der Waals surface area contributed by atoms with E-state index in [1.807, 2.05) is 11.8 Å². The molecule has 2 atom stereocenters. The lowest BCUT2D eigenvalue weighted by Crippen LogP contribution is -2.46. The van der Waals surface area contributed by atoms with E-state index in [0.29, 0.717) is 5.92 Å². The first-order chi connectivity index (χ1) is 10.1. The third-order valence-corrected chi connectivity index (χ3v) is 8.88. The minimum Gasteiger partial charge on any atom is -0.375 e. The topological polar surface area (TPSA) is 47.3 Å². The summed E-state index contributed by atoms with van der Waals surface area (Å²) >= 11 is 11.0. The summed E-state index contributed by atoms with van der Waals surface area (Å²) in [7, 11) is 0. The molecule has 2 unspecified atom stereocenters. The number of thioether (sulfide) groups is 1. The fourth-order valence-electron chi connectivity index (χ4n) is 3.41. The Labute approximate surface area is 151 Å². The van der Waals surface area contributed by atoms with Crippen molar-refractivity contribution in [2.24, 2.45) is 11.8 Å². The van der Waals surface area contributed by atoms with E-state index >= 15 is 0 Å². The third-order valence-electron chi connectivity index (χ3n) is 4.56. The van der Waals surface area contributed by atoms with Crippen molar-refractivity contribution >= 4 is 55.0 Å². The van der Waals surface area contributed by atoms with E-state index < -0.39 is 0 Å². The van der Waals surface area contributed by atoms with Gasteiger partial charge in [-0.3, -0.25) is 11.3 Å². The van der Waals surface area contributed by atoms with Crippen molar-refractivity contribution in [2.45, 2.75) is 37.3 Å². The standard InChI is InChI=1S/C14H20Br2N2OS2/c15-10-7-11(21-13(10)16)12(18-17)9-1-4-19-14(8-9)2-5-20-6-3-14/h7,9,12,18H,1-6,8,17H2. The molecule has 2 saturated heterocycles. The van der Waals surface area contributed by atoms with E-state index in [-0.39, 0.29) is 11.6 Å². The first-order valence-electron chi connectivity index (χ1n) is 7.26. The van der Waals surface area contributed by atoms with E-state index in [9.17, 15) is 0 Å². The van der Waals surface area contributed by atoms with Crippen molar-refractivity contribution < 1.29 is 4.74 Å². The molecule has 3 rings (SSSR count). The molecule has 21 heavy (non-hydrogen) atoms. The molecule has 118 valence electrons. The van der Waals surface area contributed by atoms with Gasteiger partial charge < -0.3 is 4.74 Å². The molecule has 1 spiro atoms. The molecule has 1 aromatic rings. The molecule has 0 bridgehead atoms. The van der Waals surface area contributed by atoms with Crippen LogP contribution in [-0.2, 0) is 4.74 Å². The molecule has 0 amide bonds. The minimum atomic E-state index is 0.106. The number of hydrazine groups is 1. The van der Waals surface area contributed by atoms with Gasteiger partial charge in [0.15, 0.2) is 0 Å². The highest BCUT2D eigenvalue weighted by atomic mass is 79.9. The number of hydrogen-bond acceptors (Lipinski definition) is 5. The highest BCUT2D eigenvalue weighted by Crippen LogP contribution is 2.45. The van der Waals surface area contributed by atoms with E-state index in [1.54, 1.807) is 11.3 Å². The Morgan fingerprint density at radius 2 is 2.14 bits per heavy atom. The highest BCUT2D eigenvalue weighted by molar-refractivity contribution is 9.13. The number of nitrogens with two attached hydrogens (primary N) is 1. The van der Waals surface area contributed by atoms with Gasteiger partial charge in [0.25, 0.3) is 0 Å². The van der Waals surface area contributed by atoms with Crippen LogP contribution in [0.25, 0.3) is 0 Å². The largest absolute Gasteiger partial charge is 0.375 e. The lowest BCUT2D eigenvalue weighted by molar-refractivity contribution is -0.107. The summed E-state index contributed by atoms with van der Waals surface area (Å²) in [4.78, 5) is 1.29. The Bertz CT molecular complexity index is 466. The number of ether oxygens (including phenoxy) is 1. The zero-order valence-corrected chi connectivity index (χ0v) is 16.5. The molecule has 0 radical (unpaired) electrons. The van der Waals surface area contributed by atoms with Crippen molar-refractivity contribution in [3.05, 3.63) is 19.2 Å². The predicted molar refractivity (Wildman–Crippen MR) is 97.7 cm³/mol. The molecule has 3 N–H and O–H groups in total. The Hall–Kier alpha value is 0.890. The van der Waals surface area contributed by atoms with Gasteiger partial charge >= 0.3 is 0 Å². The zero-order valence-electron chi connectivity index (χ0n) is 11.7. The van der Waals surface area contributed by atoms with Crippen LogP contribution < -0.4 is 11.3 Å². The molecule has 3 nitrogen and oxygen atoms in total. The van der Waals surface area contributed by atoms with Crippen LogP contribution in [0.5, 0.6) is 0 Å². The first-order valence-corrected chi connectivity index (χ1v) is 10.8. The molecular formula is C14H20Br2N2OS2. The van der Waals surface area contributed by atoms with Crippen molar-refractivity contribution in [3.63, 3.8) is 0 Å². The SMILES string of the molecule is NNC(c1cc(Br)c(Br)s1)C1CCOC2(CCSCC2)C1. The van der Waals surface area contributed by atoms with Crippen molar-refractivity contribution in [1.29, 1.82) is 0 Å². The van der Waals surface area contributed by atoms with Gasteiger partial charge in [-0.25, -0.2) is 0 Å². The zero-order chi connectivity index (χ0) is 14.9. The Balaban J connectivity index is 1.77. The quantitative estimate of drug-likeness (QED) is 0.521. The Morgan fingerprint density at radius 3 is 2.76 bits per heavy atom. The summed E-state index contributed by atoms with van der Waals surface area (Å²) in [5.41, 5.74) is 3.16. The van der Waals surface area contributed by atoms with Crippen molar-refractivity contribution in [2.75, 3.05) is 18.1 Å². The van der Waals surface area contributed by atoms with Crippen LogP contribution in [0.1, 0.15) is 36.6 Å². The normalized spacial score (nSPS) is 26.9. The molecule has 7 heteroatoms. The van der Waals surface area contributed by atoms with E-state index in [1.165, 1.54) is 29.2 Å². The number of hydrogen-bond donors (Lipinski definition) is 2. The minimum absolute atomic E-state index is 0.106. The maximum absolute atomic E-state index is 6.20.